The molecule has 0 rings (SSSR count). The smallest absolute Gasteiger partial charge is 0.165 e. The average Bonchev–Trinajstić information content (AvgIpc) is 1.64. The van der Waals surface area contributed by atoms with E-state index in [2.05, 4.69) is 0 Å². The summed E-state index contributed by atoms with van der Waals surface area (Å²) in [5, 5.41) is 33.8. The van der Waals surface area contributed by atoms with E-state index in [4.69, 9.17) is 20.6 Å². The van der Waals surface area contributed by atoms with Crippen molar-refractivity contribution in [2.45, 2.75) is 0 Å². The molecule has 0 aliphatic carbocycles. The number of rotatable bonds is 4. The predicted molar refractivity (Wildman–Crippen MR) is 27.7 cm³/mol. The van der Waals surface area contributed by atoms with E-state index in [1.54, 1.807) is 0 Å². The molecule has 0 heterocycles. The molecule has 5 nitrogen and oxygen atoms in total. The Hall–Kier alpha value is -0.200. The molecule has 56 valence electrons. The summed E-state index contributed by atoms with van der Waals surface area (Å²) in [7, 11) is 0. The monoisotopic (exact) mass is 138 g/mol. The molecule has 4 N–H and O–H groups in total. The van der Waals surface area contributed by atoms with Crippen molar-refractivity contribution in [3.63, 3.8) is 0 Å². The topological polar surface area (TPSA) is 80.9 Å². The molecule has 0 aliphatic rings. The van der Waals surface area contributed by atoms with Crippen molar-refractivity contribution in [2.24, 2.45) is 0 Å². The molecule has 0 aromatic rings. The first-order valence-corrected chi connectivity index (χ1v) is 2.66. The van der Waals surface area contributed by atoms with E-state index in [9.17, 15) is 0 Å². The molecule has 0 saturated carbocycles. The highest BCUT2D eigenvalue weighted by atomic mass is 16.8. The highest BCUT2D eigenvalue weighted by Crippen LogP contribution is 1.91. The van der Waals surface area contributed by atoms with Crippen LogP contribution in [0.4, 0.5) is 0 Å². The van der Waals surface area contributed by atoms with E-state index in [1.807, 2.05) is 0 Å². The van der Waals surface area contributed by atoms with Gasteiger partial charge >= 0.3 is 0 Å². The summed E-state index contributed by atoms with van der Waals surface area (Å²) in [5.41, 5.74) is 0. The molecule has 0 aromatic carbocycles. The minimum atomic E-state index is -1.31. The lowest BCUT2D eigenvalue weighted by atomic mass is 10.6. The Kier molecular flexibility index (Phi) is 3.67. The van der Waals surface area contributed by atoms with Crippen LogP contribution in [0.3, 0.4) is 0 Å². The van der Waals surface area contributed by atoms with Crippen molar-refractivity contribution in [1.82, 2.24) is 0 Å². The number of aliphatic hydroxyl groups is 2. The van der Waals surface area contributed by atoms with Gasteiger partial charge in [-0.3, -0.25) is 0 Å². The third kappa shape index (κ3) is 4.31. The fourth-order valence-corrected chi connectivity index (χ4v) is 0.432. The molecule has 0 aliphatic heterocycles. The lowest BCUT2D eigenvalue weighted by Gasteiger charge is -2.18. The second kappa shape index (κ2) is 3.76. The van der Waals surface area contributed by atoms with Crippen LogP contribution in [-0.4, -0.2) is 51.7 Å². The molecule has 0 bridgehead atoms. The second-order valence-electron chi connectivity index (χ2n) is 1.77. The van der Waals surface area contributed by atoms with Crippen molar-refractivity contribution in [3.8, 4) is 0 Å². The summed E-state index contributed by atoms with van der Waals surface area (Å²) in [5.74, 6) is 0. The number of hydrogen-bond donors (Lipinski definition) is 4. The number of hydrogen-bond acceptors (Lipinski definition) is 4. The van der Waals surface area contributed by atoms with Crippen molar-refractivity contribution >= 4 is 0 Å². The Bertz CT molecular complexity index is 67.0. The molecule has 0 atom stereocenters. The maximum atomic E-state index is 8.69. The van der Waals surface area contributed by atoms with E-state index >= 15 is 0 Å². The second-order valence-corrected chi connectivity index (χ2v) is 1.77. The summed E-state index contributed by atoms with van der Waals surface area (Å²) in [6.45, 7) is -0.985. The van der Waals surface area contributed by atoms with Crippen molar-refractivity contribution in [2.75, 3.05) is 26.3 Å². The van der Waals surface area contributed by atoms with Gasteiger partial charge in [-0.2, -0.15) is 10.4 Å². The first-order chi connectivity index (χ1) is 4.12. The third-order valence-corrected chi connectivity index (χ3v) is 0.916. The van der Waals surface area contributed by atoms with Crippen molar-refractivity contribution < 1.29 is 25.4 Å². The van der Waals surface area contributed by atoms with Gasteiger partial charge in [0.15, 0.2) is 13.1 Å². The van der Waals surface area contributed by atoms with Crippen LogP contribution in [-0.2, 0) is 0 Å². The number of hydroxylamine groups is 4. The Morgan fingerprint density at radius 3 is 1.44 bits per heavy atom. The van der Waals surface area contributed by atoms with Gasteiger partial charge in [0.1, 0.15) is 0 Å². The average molecular weight is 138 g/mol. The quantitative estimate of drug-likeness (QED) is 0.283. The summed E-state index contributed by atoms with van der Waals surface area (Å²) in [4.78, 5) is -1.31. The highest BCUT2D eigenvalue weighted by Gasteiger charge is 2.19. The molecular formula is C4H12NO4+. The summed E-state index contributed by atoms with van der Waals surface area (Å²) in [6, 6.07) is 0. The molecule has 0 radical (unpaired) electrons. The minimum Gasteiger partial charge on any atom is -0.390 e. The van der Waals surface area contributed by atoms with Crippen molar-refractivity contribution in [3.05, 3.63) is 0 Å². The number of aliphatic hydroxyl groups excluding tert-OH is 2. The van der Waals surface area contributed by atoms with Gasteiger partial charge in [0, 0.05) is 0 Å². The van der Waals surface area contributed by atoms with E-state index in [0.29, 0.717) is 0 Å². The largest absolute Gasteiger partial charge is 0.390 e. The Morgan fingerprint density at radius 1 is 0.889 bits per heavy atom. The van der Waals surface area contributed by atoms with E-state index in [-0.39, 0.29) is 26.3 Å². The van der Waals surface area contributed by atoms with Gasteiger partial charge in [-0.15, -0.1) is 0 Å². The van der Waals surface area contributed by atoms with Gasteiger partial charge in [-0.25, -0.2) is 0 Å². The van der Waals surface area contributed by atoms with Gasteiger partial charge in [0.25, 0.3) is 0 Å². The zero-order valence-corrected chi connectivity index (χ0v) is 5.06. The summed E-state index contributed by atoms with van der Waals surface area (Å²) in [6.07, 6.45) is 0. The Balaban J connectivity index is 3.43. The van der Waals surface area contributed by atoms with E-state index in [1.165, 1.54) is 0 Å². The summed E-state index contributed by atoms with van der Waals surface area (Å²) >= 11 is 0. The number of nitrogens with zero attached hydrogens (tertiary/aromatic N) is 1. The fourth-order valence-electron chi connectivity index (χ4n) is 0.432. The summed E-state index contributed by atoms with van der Waals surface area (Å²) < 4.78 is 0. The van der Waals surface area contributed by atoms with Crippen LogP contribution in [0.5, 0.6) is 0 Å². The molecule has 0 spiro atoms. The first kappa shape index (κ1) is 8.80. The zero-order valence-electron chi connectivity index (χ0n) is 5.06. The third-order valence-electron chi connectivity index (χ3n) is 0.916. The van der Waals surface area contributed by atoms with E-state index < -0.39 is 4.81 Å². The Morgan fingerprint density at radius 2 is 1.22 bits per heavy atom. The molecule has 0 aromatic heterocycles. The lowest BCUT2D eigenvalue weighted by molar-refractivity contribution is -1.24. The van der Waals surface area contributed by atoms with Crippen LogP contribution in [0, 0.1) is 0 Å². The first-order valence-electron chi connectivity index (χ1n) is 2.66. The maximum absolute atomic E-state index is 8.69. The van der Waals surface area contributed by atoms with Crippen LogP contribution >= 0.6 is 0 Å². The predicted octanol–water partition coefficient (Wildman–Crippen LogP) is -1.43. The van der Waals surface area contributed by atoms with Gasteiger partial charge in [0.05, 0.1) is 13.2 Å². The molecular weight excluding hydrogens is 126 g/mol. The van der Waals surface area contributed by atoms with Crippen LogP contribution in [0.2, 0.25) is 0 Å². The molecule has 9 heavy (non-hydrogen) atoms. The van der Waals surface area contributed by atoms with Crippen molar-refractivity contribution in [1.29, 1.82) is 0 Å². The minimum absolute atomic E-state index is 0.180. The molecule has 5 heteroatoms. The molecule has 0 fully saturated rings. The Labute approximate surface area is 52.9 Å². The lowest BCUT2D eigenvalue weighted by Crippen LogP contribution is -2.45. The van der Waals surface area contributed by atoms with Gasteiger partial charge in [0.2, 0.25) is 0 Å². The van der Waals surface area contributed by atoms with Gasteiger partial charge in [-0.05, 0) is 4.81 Å². The number of quaternary nitrogens is 1. The zero-order chi connectivity index (χ0) is 7.33. The highest BCUT2D eigenvalue weighted by molar-refractivity contribution is 4.21. The molecule has 0 amide bonds. The molecule has 0 unspecified atom stereocenters. The van der Waals surface area contributed by atoms with E-state index in [0.717, 1.165) is 0 Å². The SMILES string of the molecule is OCC[N+](O)(O)CCO. The van der Waals surface area contributed by atoms with Crippen LogP contribution < -0.4 is 0 Å². The normalized spacial score (nSPS) is 12.0. The van der Waals surface area contributed by atoms with Crippen LogP contribution in [0.15, 0.2) is 0 Å². The standard InChI is InChI=1S/C4H12NO4/c6-3-1-5(8,9)2-4-7/h6-9H,1-4H2/q+1. The fraction of sp³-hybridized carbons (Fsp3) is 1.00. The van der Waals surface area contributed by atoms with Gasteiger partial charge < -0.3 is 10.2 Å². The maximum Gasteiger partial charge on any atom is 0.165 e. The van der Waals surface area contributed by atoms with Crippen LogP contribution in [0.25, 0.3) is 0 Å². The molecule has 0 saturated heterocycles. The van der Waals surface area contributed by atoms with Gasteiger partial charge in [-0.1, -0.05) is 0 Å². The van der Waals surface area contributed by atoms with Crippen LogP contribution in [0.1, 0.15) is 0 Å².